The van der Waals surface area contributed by atoms with Crippen molar-refractivity contribution in [2.75, 3.05) is 6.54 Å². The van der Waals surface area contributed by atoms with Crippen LogP contribution in [0.3, 0.4) is 0 Å². The maximum Gasteiger partial charge on any atom is 0.255 e. The molecule has 3 N–H and O–H groups in total. The second-order valence-electron chi connectivity index (χ2n) is 8.02. The van der Waals surface area contributed by atoms with Gasteiger partial charge in [-0.3, -0.25) is 9.59 Å². The van der Waals surface area contributed by atoms with Gasteiger partial charge >= 0.3 is 0 Å². The van der Waals surface area contributed by atoms with Crippen LogP contribution in [0.5, 0.6) is 0 Å². The minimum Gasteiger partial charge on any atom is -0.380 e. The van der Waals surface area contributed by atoms with E-state index in [1.807, 2.05) is 29.6 Å². The molecule has 34 heavy (non-hydrogen) atoms. The number of aliphatic hydroxyl groups is 2. The molecule has 2 amide bonds. The number of hydrogen-bond donors (Lipinski definition) is 3. The number of hydrogen-bond acceptors (Lipinski definition) is 7. The predicted molar refractivity (Wildman–Crippen MR) is 126 cm³/mol. The quantitative estimate of drug-likeness (QED) is 0.481. The fraction of sp³-hybridized carbons (Fsp3) is 0.280. The number of thiazole rings is 1. The lowest BCUT2D eigenvalue weighted by Crippen LogP contribution is -2.50. The van der Waals surface area contributed by atoms with E-state index < -0.39 is 24.0 Å². The first-order chi connectivity index (χ1) is 16.5. The number of carbonyl (C=O) groups excluding carboxylic acids is 2. The molecule has 174 valence electrons. The monoisotopic (exact) mass is 476 g/mol. The zero-order valence-electron chi connectivity index (χ0n) is 18.3. The molecule has 1 aliphatic heterocycles. The Hall–Kier alpha value is -3.58. The number of nitrogens with one attached hydrogen (secondary N) is 1. The van der Waals surface area contributed by atoms with Gasteiger partial charge in [0.15, 0.2) is 12.2 Å². The molecule has 1 aromatic heterocycles. The molecule has 0 bridgehead atoms. The highest BCUT2D eigenvalue weighted by Gasteiger charge is 2.39. The lowest BCUT2D eigenvalue weighted by Gasteiger charge is -2.27. The van der Waals surface area contributed by atoms with Crippen molar-refractivity contribution in [3.05, 3.63) is 76.2 Å². The molecule has 0 saturated carbocycles. The highest BCUT2D eigenvalue weighted by molar-refractivity contribution is 7.09. The number of amides is 2. The summed E-state index contributed by atoms with van der Waals surface area (Å²) in [5.74, 6) is -1.51. The molecule has 2 heterocycles. The molecule has 3 atom stereocenters. The molecule has 1 fully saturated rings. The number of rotatable bonds is 7. The summed E-state index contributed by atoms with van der Waals surface area (Å²) in [7, 11) is 0. The van der Waals surface area contributed by atoms with Crippen LogP contribution in [0.2, 0.25) is 0 Å². The van der Waals surface area contributed by atoms with Gasteiger partial charge in [0.2, 0.25) is 0 Å². The number of nitrogens with zero attached hydrogens (tertiary/aromatic N) is 3. The van der Waals surface area contributed by atoms with E-state index in [1.165, 1.54) is 16.2 Å². The summed E-state index contributed by atoms with van der Waals surface area (Å²) in [6, 6.07) is 16.5. The van der Waals surface area contributed by atoms with Crippen molar-refractivity contribution >= 4 is 23.2 Å². The van der Waals surface area contributed by atoms with Crippen LogP contribution in [-0.4, -0.2) is 50.7 Å². The average molecular weight is 477 g/mol. The Balaban J connectivity index is 1.34. The highest BCUT2D eigenvalue weighted by atomic mass is 32.1. The number of aromatic nitrogens is 1. The minimum atomic E-state index is -1.88. The van der Waals surface area contributed by atoms with E-state index in [1.54, 1.807) is 30.5 Å². The van der Waals surface area contributed by atoms with Gasteiger partial charge in [0.05, 0.1) is 17.7 Å². The van der Waals surface area contributed by atoms with Crippen molar-refractivity contribution in [2.24, 2.45) is 0 Å². The summed E-state index contributed by atoms with van der Waals surface area (Å²) in [4.78, 5) is 30.9. The molecule has 1 saturated heterocycles. The maximum absolute atomic E-state index is 12.8. The number of nitriles is 1. The molecule has 2 aromatic carbocycles. The zero-order valence-corrected chi connectivity index (χ0v) is 19.1. The first kappa shape index (κ1) is 23.6. The van der Waals surface area contributed by atoms with Crippen molar-refractivity contribution in [3.63, 3.8) is 0 Å². The summed E-state index contributed by atoms with van der Waals surface area (Å²) in [6.07, 6.45) is -0.588. The van der Waals surface area contributed by atoms with Gasteiger partial charge in [-0.15, -0.1) is 11.3 Å². The Morgan fingerprint density at radius 3 is 2.65 bits per heavy atom. The van der Waals surface area contributed by atoms with Crippen molar-refractivity contribution < 1.29 is 19.8 Å². The maximum atomic E-state index is 12.8. The molecule has 0 aliphatic carbocycles. The molecule has 1 aliphatic rings. The molecule has 8 nitrogen and oxygen atoms in total. The average Bonchev–Trinajstić information content (AvgIpc) is 3.58. The van der Waals surface area contributed by atoms with Gasteiger partial charge in [-0.1, -0.05) is 42.5 Å². The smallest absolute Gasteiger partial charge is 0.255 e. The predicted octanol–water partition coefficient (Wildman–Crippen LogP) is 2.38. The van der Waals surface area contributed by atoms with Gasteiger partial charge < -0.3 is 20.4 Å². The zero-order chi connectivity index (χ0) is 24.1. The summed E-state index contributed by atoms with van der Waals surface area (Å²) in [6.45, 7) is 0.554. The van der Waals surface area contributed by atoms with Crippen LogP contribution in [0.25, 0.3) is 11.1 Å². The number of likely N-dealkylation sites (tertiary alicyclic amines) is 1. The van der Waals surface area contributed by atoms with E-state index in [2.05, 4.69) is 16.4 Å². The number of benzene rings is 2. The Bertz CT molecular complexity index is 1190. The Morgan fingerprint density at radius 1 is 1.18 bits per heavy atom. The Kier molecular flexibility index (Phi) is 7.33. The fourth-order valence-electron chi connectivity index (χ4n) is 4.06. The normalized spacial score (nSPS) is 17.1. The van der Waals surface area contributed by atoms with Crippen LogP contribution in [0.1, 0.15) is 35.0 Å². The first-order valence-corrected chi connectivity index (χ1v) is 11.8. The molecule has 1 unspecified atom stereocenters. The van der Waals surface area contributed by atoms with Gasteiger partial charge in [0.1, 0.15) is 5.01 Å². The first-order valence-electron chi connectivity index (χ1n) is 10.9. The van der Waals surface area contributed by atoms with Gasteiger partial charge in [-0.25, -0.2) is 4.98 Å². The summed E-state index contributed by atoms with van der Waals surface area (Å²) < 4.78 is 0. The van der Waals surface area contributed by atoms with Crippen molar-refractivity contribution in [1.29, 1.82) is 5.26 Å². The third-order valence-corrected chi connectivity index (χ3v) is 6.75. The largest absolute Gasteiger partial charge is 0.380 e. The van der Waals surface area contributed by atoms with E-state index in [9.17, 15) is 25.1 Å². The van der Waals surface area contributed by atoms with E-state index >= 15 is 0 Å². The van der Waals surface area contributed by atoms with Gasteiger partial charge in [0.25, 0.3) is 11.8 Å². The van der Waals surface area contributed by atoms with Crippen LogP contribution in [-0.2, 0) is 16.1 Å². The topological polar surface area (TPSA) is 127 Å². The number of carbonyl (C=O) groups is 2. The summed E-state index contributed by atoms with van der Waals surface area (Å²) in [5.41, 5.74) is 3.02. The third kappa shape index (κ3) is 4.99. The van der Waals surface area contributed by atoms with Crippen LogP contribution >= 0.6 is 11.3 Å². The van der Waals surface area contributed by atoms with Crippen LogP contribution < -0.4 is 5.32 Å². The minimum absolute atomic E-state index is 0.114. The third-order valence-electron chi connectivity index (χ3n) is 5.87. The summed E-state index contributed by atoms with van der Waals surface area (Å²) in [5, 5.41) is 35.1. The molecule has 3 aromatic rings. The van der Waals surface area contributed by atoms with E-state index in [0.29, 0.717) is 12.1 Å². The van der Waals surface area contributed by atoms with Crippen LogP contribution in [0.15, 0.2) is 60.1 Å². The van der Waals surface area contributed by atoms with Gasteiger partial charge in [-0.2, -0.15) is 5.26 Å². The standard InChI is InChI=1S/C25H24N4O4S/c26-14-18-4-1-2-5-19(18)17-9-7-16(8-10-17)15-28-23(32)21(30)22(31)25(33)29-12-3-6-20(29)24-27-11-13-34-24/h1-2,4-5,7-11,13,20-22,30-31H,3,6,12,15H2,(H,28,32)/t20?,21-,22-/m1/s1. The molecule has 4 rings (SSSR count). The second kappa shape index (κ2) is 10.6. The highest BCUT2D eigenvalue weighted by Crippen LogP contribution is 2.33. The number of aliphatic hydroxyl groups excluding tert-OH is 2. The molecular formula is C25H24N4O4S. The SMILES string of the molecule is N#Cc1ccccc1-c1ccc(CNC(=O)[C@H](O)[C@@H](O)C(=O)N2CCCC2c2nccs2)cc1. The van der Waals surface area contributed by atoms with Crippen LogP contribution in [0, 0.1) is 11.3 Å². The van der Waals surface area contributed by atoms with Gasteiger partial charge in [0, 0.05) is 24.7 Å². The van der Waals surface area contributed by atoms with E-state index in [0.717, 1.165) is 34.5 Å². The summed E-state index contributed by atoms with van der Waals surface area (Å²) >= 11 is 1.43. The molecule has 0 spiro atoms. The molecular weight excluding hydrogens is 452 g/mol. The molecule has 9 heteroatoms. The van der Waals surface area contributed by atoms with Crippen LogP contribution in [0.4, 0.5) is 0 Å². The fourth-order valence-corrected chi connectivity index (χ4v) is 4.85. The lowest BCUT2D eigenvalue weighted by molar-refractivity contribution is -0.153. The van der Waals surface area contributed by atoms with E-state index in [-0.39, 0.29) is 12.6 Å². The Labute approximate surface area is 201 Å². The second-order valence-corrected chi connectivity index (χ2v) is 8.95. The van der Waals surface area contributed by atoms with Crippen molar-refractivity contribution in [3.8, 4) is 17.2 Å². The van der Waals surface area contributed by atoms with E-state index in [4.69, 9.17) is 0 Å². The lowest BCUT2D eigenvalue weighted by atomic mass is 9.99. The van der Waals surface area contributed by atoms with Gasteiger partial charge in [-0.05, 0) is 35.6 Å². The molecule has 0 radical (unpaired) electrons. The Morgan fingerprint density at radius 2 is 1.94 bits per heavy atom. The van der Waals surface area contributed by atoms with Crippen molar-refractivity contribution in [1.82, 2.24) is 15.2 Å². The van der Waals surface area contributed by atoms with Crippen molar-refractivity contribution in [2.45, 2.75) is 37.6 Å².